The molecule has 2 aromatic carbocycles. The minimum absolute atomic E-state index is 0.0960. The van der Waals surface area contributed by atoms with Gasteiger partial charge < -0.3 is 14.6 Å². The standard InChI is InChI=1S/C25H20BrN3OS/c26-19-11-9-18(10-12-19)21-13-14-22(30-21)24-23(20-8-4-5-15-27-20)28-25(31)29(24)16-17-6-2-1-3-7-17/h1-15,23-24H,16H2,(H,28,31)/t23-,24-/m0/s1. The van der Waals surface area contributed by atoms with Crippen LogP contribution in [0.5, 0.6) is 0 Å². The van der Waals surface area contributed by atoms with Gasteiger partial charge in [-0.25, -0.2) is 0 Å². The Morgan fingerprint density at radius 2 is 1.71 bits per heavy atom. The minimum Gasteiger partial charge on any atom is -0.459 e. The summed E-state index contributed by atoms with van der Waals surface area (Å²) >= 11 is 9.24. The molecule has 4 nitrogen and oxygen atoms in total. The zero-order valence-corrected chi connectivity index (χ0v) is 19.0. The van der Waals surface area contributed by atoms with Crippen molar-refractivity contribution in [1.29, 1.82) is 0 Å². The molecule has 0 aliphatic carbocycles. The van der Waals surface area contributed by atoms with Crippen molar-refractivity contribution >= 4 is 33.3 Å². The molecular weight excluding hydrogens is 470 g/mol. The third-order valence-electron chi connectivity index (χ3n) is 5.44. The molecule has 0 amide bonds. The third-order valence-corrected chi connectivity index (χ3v) is 6.32. The van der Waals surface area contributed by atoms with Crippen LogP contribution in [0.15, 0.2) is 100 Å². The van der Waals surface area contributed by atoms with E-state index in [0.29, 0.717) is 11.7 Å². The number of pyridine rings is 1. The van der Waals surface area contributed by atoms with E-state index in [1.807, 2.05) is 79.0 Å². The highest BCUT2D eigenvalue weighted by Gasteiger charge is 2.41. The number of furan rings is 1. The molecule has 0 unspecified atom stereocenters. The first-order chi connectivity index (χ1) is 15.2. The van der Waals surface area contributed by atoms with Crippen molar-refractivity contribution < 1.29 is 4.42 Å². The summed E-state index contributed by atoms with van der Waals surface area (Å²) in [5, 5.41) is 4.17. The molecule has 1 N–H and O–H groups in total. The molecule has 0 radical (unpaired) electrons. The van der Waals surface area contributed by atoms with Gasteiger partial charge in [-0.3, -0.25) is 4.98 Å². The molecule has 5 rings (SSSR count). The molecule has 31 heavy (non-hydrogen) atoms. The van der Waals surface area contributed by atoms with E-state index in [9.17, 15) is 0 Å². The molecule has 4 aromatic rings. The van der Waals surface area contributed by atoms with Gasteiger partial charge in [0.2, 0.25) is 0 Å². The van der Waals surface area contributed by atoms with Gasteiger partial charge in [0.05, 0.1) is 11.7 Å². The van der Waals surface area contributed by atoms with Crippen molar-refractivity contribution in [1.82, 2.24) is 15.2 Å². The first-order valence-electron chi connectivity index (χ1n) is 10.1. The number of nitrogens with one attached hydrogen (secondary N) is 1. The summed E-state index contributed by atoms with van der Waals surface area (Å²) in [5.74, 6) is 1.69. The lowest BCUT2D eigenvalue weighted by atomic mass is 10.0. The Morgan fingerprint density at radius 1 is 0.935 bits per heavy atom. The molecule has 1 aliphatic heterocycles. The monoisotopic (exact) mass is 489 g/mol. The number of benzene rings is 2. The van der Waals surface area contributed by atoms with Gasteiger partial charge in [0.1, 0.15) is 17.6 Å². The smallest absolute Gasteiger partial charge is 0.170 e. The van der Waals surface area contributed by atoms with Crippen LogP contribution in [-0.4, -0.2) is 15.0 Å². The number of thiocarbonyl (C=S) groups is 1. The van der Waals surface area contributed by atoms with Gasteiger partial charge in [0, 0.05) is 22.8 Å². The Hall–Kier alpha value is -2.96. The maximum absolute atomic E-state index is 6.38. The summed E-state index contributed by atoms with van der Waals surface area (Å²) in [6.45, 7) is 0.689. The van der Waals surface area contributed by atoms with E-state index >= 15 is 0 Å². The molecule has 0 saturated carbocycles. The van der Waals surface area contributed by atoms with Crippen LogP contribution in [0.4, 0.5) is 0 Å². The zero-order chi connectivity index (χ0) is 21.2. The van der Waals surface area contributed by atoms with E-state index in [4.69, 9.17) is 16.6 Å². The predicted octanol–water partition coefficient (Wildman–Crippen LogP) is 6.28. The van der Waals surface area contributed by atoms with Gasteiger partial charge >= 0.3 is 0 Å². The molecule has 3 heterocycles. The number of aromatic nitrogens is 1. The van der Waals surface area contributed by atoms with Gasteiger partial charge in [-0.05, 0) is 54.2 Å². The van der Waals surface area contributed by atoms with Crippen LogP contribution >= 0.6 is 28.1 Å². The molecule has 1 fully saturated rings. The van der Waals surface area contributed by atoms with Crippen molar-refractivity contribution in [3.63, 3.8) is 0 Å². The SMILES string of the molecule is S=C1N[C@@H](c2ccccn2)[C@H](c2ccc(-c3ccc(Br)cc3)o2)N1Cc1ccccc1. The van der Waals surface area contributed by atoms with Crippen molar-refractivity contribution in [2.75, 3.05) is 0 Å². The van der Waals surface area contributed by atoms with E-state index in [0.717, 1.165) is 27.3 Å². The fourth-order valence-electron chi connectivity index (χ4n) is 3.95. The number of hydrogen-bond donors (Lipinski definition) is 1. The zero-order valence-electron chi connectivity index (χ0n) is 16.6. The summed E-state index contributed by atoms with van der Waals surface area (Å²) in [5.41, 5.74) is 3.16. The number of hydrogen-bond acceptors (Lipinski definition) is 3. The van der Waals surface area contributed by atoms with Crippen LogP contribution in [-0.2, 0) is 6.54 Å². The van der Waals surface area contributed by atoms with Crippen LogP contribution < -0.4 is 5.32 Å². The van der Waals surface area contributed by atoms with Gasteiger partial charge in [-0.2, -0.15) is 0 Å². The topological polar surface area (TPSA) is 41.3 Å². The third kappa shape index (κ3) is 4.13. The summed E-state index contributed by atoms with van der Waals surface area (Å²) in [7, 11) is 0. The van der Waals surface area contributed by atoms with Gasteiger partial charge in [0.25, 0.3) is 0 Å². The second kappa shape index (κ2) is 8.65. The fraction of sp³-hybridized carbons (Fsp3) is 0.120. The Morgan fingerprint density at radius 3 is 2.45 bits per heavy atom. The fourth-order valence-corrected chi connectivity index (χ4v) is 4.52. The molecule has 0 bridgehead atoms. The van der Waals surface area contributed by atoms with E-state index in [2.05, 4.69) is 43.3 Å². The Balaban J connectivity index is 1.53. The van der Waals surface area contributed by atoms with Crippen LogP contribution in [0.25, 0.3) is 11.3 Å². The average molecular weight is 490 g/mol. The van der Waals surface area contributed by atoms with Crippen LogP contribution in [0.2, 0.25) is 0 Å². The molecule has 2 atom stereocenters. The highest BCUT2D eigenvalue weighted by Crippen LogP contribution is 2.41. The van der Waals surface area contributed by atoms with Gasteiger partial charge in [0.15, 0.2) is 5.11 Å². The largest absolute Gasteiger partial charge is 0.459 e. The van der Waals surface area contributed by atoms with Crippen molar-refractivity contribution in [2.45, 2.75) is 18.6 Å². The van der Waals surface area contributed by atoms with E-state index < -0.39 is 0 Å². The molecule has 1 aliphatic rings. The van der Waals surface area contributed by atoms with Crippen molar-refractivity contribution in [3.05, 3.63) is 113 Å². The van der Waals surface area contributed by atoms with Crippen LogP contribution in [0, 0.1) is 0 Å². The normalized spacial score (nSPS) is 18.2. The molecular formula is C25H20BrN3OS. The molecule has 0 spiro atoms. The summed E-state index contributed by atoms with van der Waals surface area (Å²) < 4.78 is 7.42. The molecule has 2 aromatic heterocycles. The van der Waals surface area contributed by atoms with E-state index in [1.165, 1.54) is 5.56 Å². The summed E-state index contributed by atoms with van der Waals surface area (Å²) in [6.07, 6.45) is 1.81. The lowest BCUT2D eigenvalue weighted by Crippen LogP contribution is -2.29. The first-order valence-corrected chi connectivity index (χ1v) is 11.3. The maximum Gasteiger partial charge on any atom is 0.170 e. The highest BCUT2D eigenvalue weighted by molar-refractivity contribution is 9.10. The highest BCUT2D eigenvalue weighted by atomic mass is 79.9. The van der Waals surface area contributed by atoms with E-state index in [-0.39, 0.29) is 12.1 Å². The first kappa shape index (κ1) is 20.0. The Kier molecular flexibility index (Phi) is 5.57. The second-order valence-electron chi connectivity index (χ2n) is 7.45. The Labute approximate surface area is 195 Å². The predicted molar refractivity (Wildman–Crippen MR) is 129 cm³/mol. The van der Waals surface area contributed by atoms with Crippen molar-refractivity contribution in [2.24, 2.45) is 0 Å². The Bertz CT molecular complexity index is 1180. The maximum atomic E-state index is 6.38. The lowest BCUT2D eigenvalue weighted by Gasteiger charge is -2.26. The average Bonchev–Trinajstić information content (AvgIpc) is 3.41. The molecule has 1 saturated heterocycles. The van der Waals surface area contributed by atoms with Crippen LogP contribution in [0.3, 0.4) is 0 Å². The number of rotatable bonds is 5. The summed E-state index contributed by atoms with van der Waals surface area (Å²) in [6, 6.07) is 28.3. The van der Waals surface area contributed by atoms with E-state index in [1.54, 1.807) is 0 Å². The quantitative estimate of drug-likeness (QED) is 0.334. The molecule has 6 heteroatoms. The molecule has 154 valence electrons. The van der Waals surface area contributed by atoms with Crippen molar-refractivity contribution in [3.8, 4) is 11.3 Å². The number of halogens is 1. The van der Waals surface area contributed by atoms with Crippen LogP contribution in [0.1, 0.15) is 29.1 Å². The number of nitrogens with zero attached hydrogens (tertiary/aromatic N) is 2. The van der Waals surface area contributed by atoms with Gasteiger partial charge in [-0.15, -0.1) is 0 Å². The second-order valence-corrected chi connectivity index (χ2v) is 8.75. The summed E-state index contributed by atoms with van der Waals surface area (Å²) in [4.78, 5) is 6.78. The lowest BCUT2D eigenvalue weighted by molar-refractivity contribution is 0.269. The minimum atomic E-state index is -0.105. The van der Waals surface area contributed by atoms with Gasteiger partial charge in [-0.1, -0.05) is 64.5 Å².